The Labute approximate surface area is 207 Å². The van der Waals surface area contributed by atoms with Crippen LogP contribution in [0.2, 0.25) is 5.02 Å². The average Bonchev–Trinajstić information content (AvgIpc) is 2.74. The van der Waals surface area contributed by atoms with Gasteiger partial charge in [-0.2, -0.15) is 0 Å². The van der Waals surface area contributed by atoms with Crippen molar-refractivity contribution in [1.29, 1.82) is 0 Å². The maximum atomic E-state index is 13.3. The van der Waals surface area contributed by atoms with Crippen molar-refractivity contribution >= 4 is 40.1 Å². The second kappa shape index (κ2) is 10.8. The van der Waals surface area contributed by atoms with E-state index < -0.39 is 11.5 Å². The van der Waals surface area contributed by atoms with E-state index in [9.17, 15) is 14.3 Å². The number of amides is 1. The summed E-state index contributed by atoms with van der Waals surface area (Å²) in [5.41, 5.74) is 6.50. The Balaban J connectivity index is 1.75. The highest BCUT2D eigenvalue weighted by atomic mass is 127. The van der Waals surface area contributed by atoms with Gasteiger partial charge in [0.1, 0.15) is 5.82 Å². The van der Waals surface area contributed by atoms with Gasteiger partial charge in [0.05, 0.1) is 9.65 Å². The third-order valence-electron chi connectivity index (χ3n) is 6.19. The second-order valence-corrected chi connectivity index (χ2v) is 10.4. The monoisotopic (exact) mass is 573 g/mol. The largest absolute Gasteiger partial charge is 0.385 e. The Kier molecular flexibility index (Phi) is 8.54. The van der Waals surface area contributed by atoms with Crippen molar-refractivity contribution in [2.75, 3.05) is 33.7 Å². The molecule has 0 radical (unpaired) electrons. The van der Waals surface area contributed by atoms with Gasteiger partial charge in [-0.1, -0.05) is 52.4 Å². The molecule has 1 heterocycles. The summed E-state index contributed by atoms with van der Waals surface area (Å²) in [5.74, 6) is -0.889. The van der Waals surface area contributed by atoms with E-state index in [0.717, 1.165) is 37.1 Å². The molecule has 8 heteroatoms. The number of rotatable bonds is 8. The fourth-order valence-electron chi connectivity index (χ4n) is 4.47. The first-order chi connectivity index (χ1) is 15.1. The number of aryl methyl sites for hydroxylation is 1. The number of nitrogens with two attached hydrogens (primary N) is 1. The van der Waals surface area contributed by atoms with Crippen LogP contribution in [0.5, 0.6) is 0 Å². The van der Waals surface area contributed by atoms with Gasteiger partial charge in [0.25, 0.3) is 0 Å². The third-order valence-corrected chi connectivity index (χ3v) is 8.20. The zero-order valence-corrected chi connectivity index (χ0v) is 21.3. The first-order valence-electron chi connectivity index (χ1n) is 10.7. The molecule has 0 spiro atoms. The Morgan fingerprint density at radius 1 is 1.34 bits per heavy atom. The lowest BCUT2D eigenvalue weighted by atomic mass is 9.75. The first-order valence-corrected chi connectivity index (χ1v) is 12.3. The summed E-state index contributed by atoms with van der Waals surface area (Å²) in [5, 5.41) is 12.3. The Hall–Kier alpha value is -1.26. The number of nitrogens with zero attached hydrogens (tertiary/aromatic N) is 2. The van der Waals surface area contributed by atoms with Gasteiger partial charge in [-0.25, -0.2) is 4.39 Å². The maximum absolute atomic E-state index is 13.3. The van der Waals surface area contributed by atoms with E-state index in [-0.39, 0.29) is 15.8 Å². The van der Waals surface area contributed by atoms with Crippen LogP contribution in [0.15, 0.2) is 42.5 Å². The van der Waals surface area contributed by atoms with Crippen LogP contribution in [0, 0.1) is 11.7 Å². The molecule has 5 nitrogen and oxygen atoms in total. The predicted molar refractivity (Wildman–Crippen MR) is 135 cm³/mol. The van der Waals surface area contributed by atoms with Gasteiger partial charge in [-0.15, -0.1) is 0 Å². The number of hydrogen-bond acceptors (Lipinski definition) is 4. The van der Waals surface area contributed by atoms with Gasteiger partial charge in [-0.05, 0) is 75.3 Å². The number of carbonyl (C=O) groups excluding carboxylic acids is 1. The van der Waals surface area contributed by atoms with Crippen molar-refractivity contribution in [3.05, 3.63) is 70.0 Å². The summed E-state index contributed by atoms with van der Waals surface area (Å²) in [4.78, 5) is 16.2. The fraction of sp³-hybridized carbons (Fsp3) is 0.458. The molecule has 32 heavy (non-hydrogen) atoms. The highest BCUT2D eigenvalue weighted by molar-refractivity contribution is 14.1. The van der Waals surface area contributed by atoms with E-state index >= 15 is 0 Å². The van der Waals surface area contributed by atoms with Crippen molar-refractivity contribution in [2.24, 2.45) is 11.7 Å². The van der Waals surface area contributed by atoms with Crippen LogP contribution in [-0.4, -0.2) is 58.6 Å². The number of hydrogen-bond donors (Lipinski definition) is 2. The Bertz CT molecular complexity index is 961. The van der Waals surface area contributed by atoms with Gasteiger partial charge in [-0.3, -0.25) is 9.69 Å². The predicted octanol–water partition coefficient (Wildman–Crippen LogP) is 4.04. The van der Waals surface area contributed by atoms with Gasteiger partial charge in [0.15, 0.2) is 0 Å². The Morgan fingerprint density at radius 2 is 2.09 bits per heavy atom. The van der Waals surface area contributed by atoms with Crippen LogP contribution in [0.25, 0.3) is 0 Å². The topological polar surface area (TPSA) is 69.8 Å². The smallest absolute Gasteiger partial charge is 0.248 e. The highest BCUT2D eigenvalue weighted by Gasteiger charge is 2.47. The summed E-state index contributed by atoms with van der Waals surface area (Å²) < 4.78 is 13.4. The molecule has 3 atom stereocenters. The van der Waals surface area contributed by atoms with E-state index in [2.05, 4.69) is 32.4 Å². The minimum absolute atomic E-state index is 0.0654. The van der Waals surface area contributed by atoms with E-state index in [0.29, 0.717) is 23.6 Å². The standard InChI is InChI=1S/C24H30ClFIN3O2/c1-29(2)15-20-22(27)30(11-4-6-16-8-9-19(26)14-21(16)25)12-10-24(20,32)18-7-3-5-17(13-18)23(28)31/h3,5,7-9,13-14,20,22,32H,4,6,10-12,15H2,1-2H3,(H2,28,31)/t20-,22?,24+/m0/s1. The zero-order valence-electron chi connectivity index (χ0n) is 18.4. The number of benzene rings is 2. The molecular formula is C24H30ClFIN3O2. The summed E-state index contributed by atoms with van der Waals surface area (Å²) in [6.07, 6.45) is 2.21. The molecule has 2 aromatic carbocycles. The minimum atomic E-state index is -1.06. The normalized spacial score (nSPS) is 24.1. The van der Waals surface area contributed by atoms with Crippen LogP contribution in [-0.2, 0) is 12.0 Å². The maximum Gasteiger partial charge on any atom is 0.248 e. The molecule has 1 fully saturated rings. The number of carbonyl (C=O) groups is 1. The molecule has 3 N–H and O–H groups in total. The number of halogens is 3. The Morgan fingerprint density at radius 3 is 2.75 bits per heavy atom. The zero-order chi connectivity index (χ0) is 23.5. The second-order valence-electron chi connectivity index (χ2n) is 8.74. The van der Waals surface area contributed by atoms with Crippen molar-refractivity contribution < 1.29 is 14.3 Å². The summed E-state index contributed by atoms with van der Waals surface area (Å²) in [6, 6.07) is 11.6. The molecule has 1 unspecified atom stereocenters. The molecule has 1 aliphatic rings. The molecule has 0 saturated carbocycles. The van der Waals surface area contributed by atoms with E-state index in [1.165, 1.54) is 12.1 Å². The molecule has 2 aromatic rings. The SMILES string of the molecule is CN(C)C[C@H]1C(I)N(CCCc2ccc(F)cc2Cl)CC[C@@]1(O)c1cccc(C(N)=O)c1. The molecule has 1 aliphatic heterocycles. The van der Waals surface area contributed by atoms with Gasteiger partial charge >= 0.3 is 0 Å². The lowest BCUT2D eigenvalue weighted by Gasteiger charge is -2.49. The summed E-state index contributed by atoms with van der Waals surface area (Å²) >= 11 is 8.60. The number of primary amides is 1. The average molecular weight is 574 g/mol. The van der Waals surface area contributed by atoms with Crippen molar-refractivity contribution in [3.63, 3.8) is 0 Å². The third kappa shape index (κ3) is 5.80. The van der Waals surface area contributed by atoms with Crippen molar-refractivity contribution in [3.8, 4) is 0 Å². The van der Waals surface area contributed by atoms with Crippen LogP contribution in [0.3, 0.4) is 0 Å². The molecule has 0 bridgehead atoms. The molecule has 1 saturated heterocycles. The van der Waals surface area contributed by atoms with Crippen LogP contribution >= 0.6 is 34.2 Å². The van der Waals surface area contributed by atoms with Crippen LogP contribution in [0.4, 0.5) is 4.39 Å². The lowest BCUT2D eigenvalue weighted by Crippen LogP contribution is -2.57. The van der Waals surface area contributed by atoms with Gasteiger partial charge in [0.2, 0.25) is 5.91 Å². The van der Waals surface area contributed by atoms with Crippen LogP contribution < -0.4 is 5.73 Å². The first kappa shape index (κ1) is 25.4. The number of likely N-dealkylation sites (tertiary alicyclic amines) is 1. The highest BCUT2D eigenvalue weighted by Crippen LogP contribution is 2.43. The molecule has 174 valence electrons. The van der Waals surface area contributed by atoms with Crippen molar-refractivity contribution in [1.82, 2.24) is 9.80 Å². The molecule has 3 rings (SSSR count). The van der Waals surface area contributed by atoms with Gasteiger partial charge in [0, 0.05) is 29.6 Å². The van der Waals surface area contributed by atoms with Crippen LogP contribution in [0.1, 0.15) is 34.3 Å². The number of alkyl halides is 1. The molecule has 0 aliphatic carbocycles. The number of aliphatic hydroxyl groups is 1. The molecule has 1 amide bonds. The minimum Gasteiger partial charge on any atom is -0.385 e. The van der Waals surface area contributed by atoms with Crippen molar-refractivity contribution in [2.45, 2.75) is 28.9 Å². The molecular weight excluding hydrogens is 544 g/mol. The summed E-state index contributed by atoms with van der Waals surface area (Å²) in [6.45, 7) is 2.28. The van der Waals surface area contributed by atoms with E-state index in [4.69, 9.17) is 17.3 Å². The van der Waals surface area contributed by atoms with E-state index in [1.807, 2.05) is 20.2 Å². The van der Waals surface area contributed by atoms with E-state index in [1.54, 1.807) is 24.3 Å². The number of piperidine rings is 1. The molecule has 0 aromatic heterocycles. The summed E-state index contributed by atoms with van der Waals surface area (Å²) in [7, 11) is 4.00. The lowest BCUT2D eigenvalue weighted by molar-refractivity contribution is -0.0893. The fourth-order valence-corrected chi connectivity index (χ4v) is 6.11. The quantitative estimate of drug-likeness (QED) is 0.284. The van der Waals surface area contributed by atoms with Gasteiger partial charge < -0.3 is 15.7 Å².